The van der Waals surface area contributed by atoms with Gasteiger partial charge in [0.15, 0.2) is 5.65 Å². The molecule has 1 saturated heterocycles. The van der Waals surface area contributed by atoms with Gasteiger partial charge >= 0.3 is 5.97 Å². The van der Waals surface area contributed by atoms with Crippen molar-refractivity contribution in [2.24, 2.45) is 13.0 Å². The molecule has 8 nitrogen and oxygen atoms in total. The van der Waals surface area contributed by atoms with E-state index in [-0.39, 0.29) is 12.6 Å². The number of rotatable bonds is 4. The maximum absolute atomic E-state index is 11.4. The third-order valence-corrected chi connectivity index (χ3v) is 3.89. The predicted octanol–water partition coefficient (Wildman–Crippen LogP) is 0.289. The molecular formula is C13H17N5O3. The third kappa shape index (κ3) is 2.21. The number of hydrogen-bond acceptors (Lipinski definition) is 6. The SMILES string of the molecule is CCN(c1ncnc2c1cnn2C)C1COCC1C(=O)O. The second-order valence-electron chi connectivity index (χ2n) is 5.04. The average molecular weight is 291 g/mol. The highest BCUT2D eigenvalue weighted by Crippen LogP contribution is 2.28. The van der Waals surface area contributed by atoms with E-state index in [4.69, 9.17) is 4.74 Å². The van der Waals surface area contributed by atoms with Crippen LogP contribution in [-0.2, 0) is 16.6 Å². The molecule has 0 bridgehead atoms. The molecule has 2 aromatic rings. The maximum Gasteiger partial charge on any atom is 0.311 e. The Balaban J connectivity index is 2.04. The van der Waals surface area contributed by atoms with Crippen LogP contribution in [0.25, 0.3) is 11.0 Å². The van der Waals surface area contributed by atoms with Gasteiger partial charge in [-0.15, -0.1) is 0 Å². The standard InChI is InChI=1S/C13H17N5O3/c1-3-18(10-6-21-5-9(10)13(19)20)12-8-4-16-17(2)11(8)14-7-15-12/h4,7,9-10H,3,5-6H2,1-2H3,(H,19,20). The van der Waals surface area contributed by atoms with Crippen LogP contribution < -0.4 is 4.90 Å². The Bertz CT molecular complexity index is 671. The van der Waals surface area contributed by atoms with Gasteiger partial charge in [0.1, 0.15) is 18.1 Å². The summed E-state index contributed by atoms with van der Waals surface area (Å²) in [4.78, 5) is 21.9. The van der Waals surface area contributed by atoms with Crippen molar-refractivity contribution in [2.75, 3.05) is 24.7 Å². The van der Waals surface area contributed by atoms with Crippen LogP contribution in [0.15, 0.2) is 12.5 Å². The van der Waals surface area contributed by atoms with Gasteiger partial charge in [0.25, 0.3) is 0 Å². The van der Waals surface area contributed by atoms with E-state index >= 15 is 0 Å². The molecule has 1 aliphatic rings. The normalized spacial score (nSPS) is 21.8. The first-order valence-corrected chi connectivity index (χ1v) is 6.83. The lowest BCUT2D eigenvalue weighted by Gasteiger charge is -2.30. The van der Waals surface area contributed by atoms with Crippen LogP contribution in [0, 0.1) is 5.92 Å². The highest BCUT2D eigenvalue weighted by atomic mass is 16.5. The summed E-state index contributed by atoms with van der Waals surface area (Å²) in [5.74, 6) is -0.684. The van der Waals surface area contributed by atoms with Gasteiger partial charge in [-0.05, 0) is 6.92 Å². The molecule has 3 heterocycles. The number of hydrogen-bond donors (Lipinski definition) is 1. The van der Waals surface area contributed by atoms with Crippen molar-refractivity contribution in [2.45, 2.75) is 13.0 Å². The monoisotopic (exact) mass is 291 g/mol. The van der Waals surface area contributed by atoms with Gasteiger partial charge < -0.3 is 14.7 Å². The second kappa shape index (κ2) is 5.28. The molecule has 3 rings (SSSR count). The van der Waals surface area contributed by atoms with Crippen LogP contribution in [0.1, 0.15) is 6.92 Å². The van der Waals surface area contributed by atoms with Gasteiger partial charge in [-0.2, -0.15) is 5.10 Å². The Morgan fingerprint density at radius 3 is 3.05 bits per heavy atom. The maximum atomic E-state index is 11.4. The number of anilines is 1. The Labute approximate surface area is 121 Å². The molecule has 21 heavy (non-hydrogen) atoms. The first kappa shape index (κ1) is 13.7. The number of likely N-dealkylation sites (N-methyl/N-ethyl adjacent to an activating group) is 1. The van der Waals surface area contributed by atoms with Crippen molar-refractivity contribution in [3.8, 4) is 0 Å². The summed E-state index contributed by atoms with van der Waals surface area (Å²) in [6.07, 6.45) is 3.19. The van der Waals surface area contributed by atoms with Gasteiger partial charge in [-0.3, -0.25) is 9.48 Å². The number of ether oxygens (including phenoxy) is 1. The summed E-state index contributed by atoms with van der Waals surface area (Å²) in [7, 11) is 1.81. The first-order valence-electron chi connectivity index (χ1n) is 6.83. The van der Waals surface area contributed by atoms with Gasteiger partial charge in [-0.1, -0.05) is 0 Å². The van der Waals surface area contributed by atoms with Crippen molar-refractivity contribution in [3.63, 3.8) is 0 Å². The van der Waals surface area contributed by atoms with E-state index in [9.17, 15) is 9.90 Å². The number of aryl methyl sites for hydroxylation is 1. The lowest BCUT2D eigenvalue weighted by Crippen LogP contribution is -2.43. The second-order valence-corrected chi connectivity index (χ2v) is 5.04. The van der Waals surface area contributed by atoms with Crippen molar-refractivity contribution in [1.82, 2.24) is 19.7 Å². The summed E-state index contributed by atoms with van der Waals surface area (Å²) in [6.45, 7) is 3.23. The van der Waals surface area contributed by atoms with Crippen molar-refractivity contribution >= 4 is 22.8 Å². The highest BCUT2D eigenvalue weighted by Gasteiger charge is 2.38. The summed E-state index contributed by atoms with van der Waals surface area (Å²) in [6, 6.07) is -0.231. The van der Waals surface area contributed by atoms with Crippen molar-refractivity contribution < 1.29 is 14.6 Å². The molecule has 2 atom stereocenters. The minimum atomic E-state index is -0.840. The molecule has 0 aliphatic carbocycles. The van der Waals surface area contributed by atoms with E-state index in [1.54, 1.807) is 10.9 Å². The molecule has 0 saturated carbocycles. The summed E-state index contributed by atoms with van der Waals surface area (Å²) < 4.78 is 7.04. The van der Waals surface area contributed by atoms with Crippen LogP contribution in [0.2, 0.25) is 0 Å². The fourth-order valence-electron chi connectivity index (χ4n) is 2.81. The molecular weight excluding hydrogens is 274 g/mol. The largest absolute Gasteiger partial charge is 0.481 e. The molecule has 8 heteroatoms. The lowest BCUT2D eigenvalue weighted by atomic mass is 10.0. The van der Waals surface area contributed by atoms with Crippen LogP contribution >= 0.6 is 0 Å². The number of carbonyl (C=O) groups is 1. The molecule has 0 amide bonds. The topological polar surface area (TPSA) is 93.4 Å². The van der Waals surface area contributed by atoms with Gasteiger partial charge in [0.05, 0.1) is 30.8 Å². The van der Waals surface area contributed by atoms with Crippen LogP contribution in [-0.4, -0.2) is 56.6 Å². The fraction of sp³-hybridized carbons (Fsp3) is 0.538. The minimum absolute atomic E-state index is 0.231. The quantitative estimate of drug-likeness (QED) is 0.865. The summed E-state index contributed by atoms with van der Waals surface area (Å²) in [5, 5.41) is 14.3. The Hall–Kier alpha value is -2.22. The van der Waals surface area contributed by atoms with E-state index in [0.717, 1.165) is 11.0 Å². The molecule has 0 spiro atoms. The van der Waals surface area contributed by atoms with Crippen molar-refractivity contribution in [1.29, 1.82) is 0 Å². The van der Waals surface area contributed by atoms with Gasteiger partial charge in [0, 0.05) is 13.6 Å². The number of aliphatic carboxylic acids is 1. The molecule has 1 N–H and O–H groups in total. The van der Waals surface area contributed by atoms with Crippen LogP contribution in [0.3, 0.4) is 0 Å². The van der Waals surface area contributed by atoms with E-state index in [0.29, 0.717) is 19.0 Å². The van der Waals surface area contributed by atoms with Gasteiger partial charge in [-0.25, -0.2) is 9.97 Å². The zero-order valence-corrected chi connectivity index (χ0v) is 11.9. The molecule has 112 valence electrons. The average Bonchev–Trinajstić information content (AvgIpc) is 3.08. The van der Waals surface area contributed by atoms with Crippen LogP contribution in [0.4, 0.5) is 5.82 Å². The Kier molecular flexibility index (Phi) is 3.46. The predicted molar refractivity (Wildman–Crippen MR) is 75.1 cm³/mol. The smallest absolute Gasteiger partial charge is 0.311 e. The lowest BCUT2D eigenvalue weighted by molar-refractivity contribution is -0.141. The van der Waals surface area contributed by atoms with Crippen molar-refractivity contribution in [3.05, 3.63) is 12.5 Å². The first-order chi connectivity index (χ1) is 10.1. The number of carboxylic acids is 1. The molecule has 2 unspecified atom stereocenters. The number of nitrogens with zero attached hydrogens (tertiary/aromatic N) is 5. The molecule has 1 fully saturated rings. The molecule has 2 aromatic heterocycles. The number of aromatic nitrogens is 4. The molecule has 1 aliphatic heterocycles. The van der Waals surface area contributed by atoms with E-state index < -0.39 is 11.9 Å². The minimum Gasteiger partial charge on any atom is -0.481 e. The van der Waals surface area contributed by atoms with E-state index in [2.05, 4.69) is 15.1 Å². The fourth-order valence-corrected chi connectivity index (χ4v) is 2.81. The Morgan fingerprint density at radius 2 is 2.33 bits per heavy atom. The van der Waals surface area contributed by atoms with E-state index in [1.165, 1.54) is 6.33 Å². The highest BCUT2D eigenvalue weighted by molar-refractivity contribution is 5.87. The summed E-state index contributed by atoms with van der Waals surface area (Å²) in [5.41, 5.74) is 0.726. The zero-order valence-electron chi connectivity index (χ0n) is 11.9. The molecule has 0 aromatic carbocycles. The summed E-state index contributed by atoms with van der Waals surface area (Å²) >= 11 is 0. The number of carboxylic acid groups (broad SMARTS) is 1. The Morgan fingerprint density at radius 1 is 1.52 bits per heavy atom. The van der Waals surface area contributed by atoms with Crippen LogP contribution in [0.5, 0.6) is 0 Å². The number of fused-ring (bicyclic) bond motifs is 1. The zero-order chi connectivity index (χ0) is 15.0. The van der Waals surface area contributed by atoms with Gasteiger partial charge in [0.2, 0.25) is 0 Å². The third-order valence-electron chi connectivity index (χ3n) is 3.89. The van der Waals surface area contributed by atoms with E-state index in [1.807, 2.05) is 18.9 Å². The molecule has 0 radical (unpaired) electrons.